The molecule has 0 spiro atoms. The number of amides is 1. The number of carbonyl (C=O) groups is 1. The Morgan fingerprint density at radius 2 is 2.24 bits per heavy atom. The Kier molecular flexibility index (Phi) is 5.18. The van der Waals surface area contributed by atoms with Crippen molar-refractivity contribution in [1.29, 1.82) is 5.26 Å². The van der Waals surface area contributed by atoms with E-state index in [-0.39, 0.29) is 5.91 Å². The molecule has 5 heteroatoms. The number of hydrogen-bond donors (Lipinski definition) is 1. The molecule has 21 heavy (non-hydrogen) atoms. The van der Waals surface area contributed by atoms with Gasteiger partial charge in [0, 0.05) is 13.2 Å². The van der Waals surface area contributed by atoms with E-state index in [2.05, 4.69) is 11.4 Å². The van der Waals surface area contributed by atoms with Gasteiger partial charge in [-0.2, -0.15) is 5.26 Å². The van der Waals surface area contributed by atoms with Crippen molar-refractivity contribution in [2.45, 2.75) is 19.8 Å². The van der Waals surface area contributed by atoms with Crippen LogP contribution in [0.2, 0.25) is 0 Å². The molecule has 0 atom stereocenters. The van der Waals surface area contributed by atoms with Crippen molar-refractivity contribution >= 4 is 5.91 Å². The second-order valence-corrected chi connectivity index (χ2v) is 5.23. The molecule has 1 fully saturated rings. The molecule has 1 aromatic rings. The summed E-state index contributed by atoms with van der Waals surface area (Å²) in [6.07, 6.45) is 0.905. The molecular weight excluding hydrogens is 268 g/mol. The normalized spacial score (nSPS) is 16.8. The summed E-state index contributed by atoms with van der Waals surface area (Å²) < 4.78 is 10.8. The van der Waals surface area contributed by atoms with Crippen LogP contribution in [0.1, 0.15) is 18.4 Å². The third-order valence-electron chi connectivity index (χ3n) is 3.64. The lowest BCUT2D eigenvalue weighted by Gasteiger charge is -2.29. The Labute approximate surface area is 124 Å². The molecule has 1 amide bonds. The van der Waals surface area contributed by atoms with Gasteiger partial charge in [0.15, 0.2) is 0 Å². The Morgan fingerprint density at radius 1 is 1.48 bits per heavy atom. The van der Waals surface area contributed by atoms with Gasteiger partial charge in [0.1, 0.15) is 17.8 Å². The molecule has 1 saturated heterocycles. The molecule has 0 saturated carbocycles. The zero-order valence-electron chi connectivity index (χ0n) is 12.2. The zero-order valence-corrected chi connectivity index (χ0v) is 12.2. The lowest BCUT2D eigenvalue weighted by Crippen LogP contribution is -2.44. The molecule has 112 valence electrons. The van der Waals surface area contributed by atoms with Crippen LogP contribution in [-0.4, -0.2) is 32.3 Å². The number of rotatable bonds is 5. The van der Waals surface area contributed by atoms with Crippen molar-refractivity contribution in [2.24, 2.45) is 5.41 Å². The molecule has 0 radical (unpaired) electrons. The second-order valence-electron chi connectivity index (χ2n) is 5.23. The van der Waals surface area contributed by atoms with Gasteiger partial charge < -0.3 is 14.8 Å². The van der Waals surface area contributed by atoms with Crippen molar-refractivity contribution in [1.82, 2.24) is 5.32 Å². The summed E-state index contributed by atoms with van der Waals surface area (Å²) in [6.45, 7) is 3.68. The van der Waals surface area contributed by atoms with E-state index in [4.69, 9.17) is 9.47 Å². The molecule has 0 aromatic heterocycles. The molecule has 0 unspecified atom stereocenters. The number of ether oxygens (including phenoxy) is 2. The Hall–Kier alpha value is -2.06. The summed E-state index contributed by atoms with van der Waals surface area (Å²) in [6, 6.07) is 9.89. The summed E-state index contributed by atoms with van der Waals surface area (Å²) in [5, 5.41) is 12.1. The van der Waals surface area contributed by atoms with Gasteiger partial charge in [-0.15, -0.1) is 0 Å². The van der Waals surface area contributed by atoms with Crippen molar-refractivity contribution in [3.05, 3.63) is 29.8 Å². The maximum atomic E-state index is 12.2. The molecule has 5 nitrogen and oxygen atoms in total. The highest BCUT2D eigenvalue weighted by atomic mass is 16.5. The van der Waals surface area contributed by atoms with Crippen molar-refractivity contribution in [3.8, 4) is 11.8 Å². The number of nitrogens with zero attached hydrogens (tertiary/aromatic N) is 1. The number of nitrogens with one attached hydrogen (secondary N) is 1. The topological polar surface area (TPSA) is 71.3 Å². The van der Waals surface area contributed by atoms with Gasteiger partial charge in [-0.05, 0) is 37.5 Å². The van der Waals surface area contributed by atoms with Crippen molar-refractivity contribution in [2.75, 3.05) is 26.4 Å². The van der Waals surface area contributed by atoms with Crippen LogP contribution in [0.15, 0.2) is 24.3 Å². The summed E-state index contributed by atoms with van der Waals surface area (Å²) in [4.78, 5) is 12.2. The lowest BCUT2D eigenvalue weighted by atomic mass is 9.81. The number of nitriles is 1. The van der Waals surface area contributed by atoms with Gasteiger partial charge >= 0.3 is 0 Å². The van der Waals surface area contributed by atoms with E-state index in [1.807, 2.05) is 31.2 Å². The molecule has 0 aliphatic carbocycles. The molecule has 1 N–H and O–H groups in total. The largest absolute Gasteiger partial charge is 0.492 e. The van der Waals surface area contributed by atoms with Gasteiger partial charge in [-0.3, -0.25) is 4.79 Å². The molecule has 0 bridgehead atoms. The maximum Gasteiger partial charge on any atom is 0.240 e. The van der Waals surface area contributed by atoms with Crippen LogP contribution in [0.3, 0.4) is 0 Å². The van der Waals surface area contributed by atoms with E-state index in [1.165, 1.54) is 0 Å². The van der Waals surface area contributed by atoms with Gasteiger partial charge in [0.25, 0.3) is 0 Å². The van der Waals surface area contributed by atoms with Gasteiger partial charge in [-0.1, -0.05) is 12.1 Å². The highest BCUT2D eigenvalue weighted by Crippen LogP contribution is 2.29. The molecule has 1 aromatic carbocycles. The van der Waals surface area contributed by atoms with Gasteiger partial charge in [0.2, 0.25) is 5.91 Å². The van der Waals surface area contributed by atoms with Gasteiger partial charge in [-0.25, -0.2) is 0 Å². The standard InChI is InChI=1S/C16H20N2O3/c1-13-3-2-4-14(11-13)21-10-7-18-15(19)16(12-17)5-8-20-9-6-16/h2-4,11H,5-10H2,1H3,(H,18,19). The predicted octanol–water partition coefficient (Wildman–Crippen LogP) is 1.81. The van der Waals surface area contributed by atoms with Crippen LogP contribution in [0.25, 0.3) is 0 Å². The number of hydrogen-bond acceptors (Lipinski definition) is 4. The minimum absolute atomic E-state index is 0.221. The maximum absolute atomic E-state index is 12.2. The van der Waals surface area contributed by atoms with Crippen LogP contribution in [-0.2, 0) is 9.53 Å². The third kappa shape index (κ3) is 3.96. The van der Waals surface area contributed by atoms with Crippen LogP contribution in [0, 0.1) is 23.7 Å². The summed E-state index contributed by atoms with van der Waals surface area (Å²) in [7, 11) is 0. The minimum atomic E-state index is -0.943. The molecule has 1 heterocycles. The smallest absolute Gasteiger partial charge is 0.240 e. The predicted molar refractivity (Wildman–Crippen MR) is 77.8 cm³/mol. The molecule has 1 aliphatic rings. The molecular formula is C16H20N2O3. The lowest BCUT2D eigenvalue weighted by molar-refractivity contribution is -0.132. The van der Waals surface area contributed by atoms with E-state index in [9.17, 15) is 10.1 Å². The first-order chi connectivity index (χ1) is 10.2. The first kappa shape index (κ1) is 15.3. The summed E-state index contributed by atoms with van der Waals surface area (Å²) in [5.74, 6) is 0.562. The SMILES string of the molecule is Cc1cccc(OCCNC(=O)C2(C#N)CCOCC2)c1. The molecule has 2 rings (SSSR count). The Bertz CT molecular complexity index is 531. The third-order valence-corrected chi connectivity index (χ3v) is 3.64. The Balaban J connectivity index is 1.77. The van der Waals surface area contributed by atoms with E-state index < -0.39 is 5.41 Å². The average Bonchev–Trinajstić information content (AvgIpc) is 2.52. The fourth-order valence-electron chi connectivity index (χ4n) is 2.32. The number of carbonyl (C=O) groups excluding carboxylic acids is 1. The first-order valence-corrected chi connectivity index (χ1v) is 7.13. The van der Waals surface area contributed by atoms with E-state index in [0.29, 0.717) is 39.2 Å². The molecule has 1 aliphatic heterocycles. The zero-order chi connectivity index (χ0) is 15.1. The van der Waals surface area contributed by atoms with Crippen molar-refractivity contribution < 1.29 is 14.3 Å². The number of benzene rings is 1. The highest BCUT2D eigenvalue weighted by molar-refractivity contribution is 5.85. The Morgan fingerprint density at radius 3 is 2.90 bits per heavy atom. The monoisotopic (exact) mass is 288 g/mol. The minimum Gasteiger partial charge on any atom is -0.492 e. The number of aryl methyl sites for hydroxylation is 1. The average molecular weight is 288 g/mol. The summed E-state index contributed by atoms with van der Waals surface area (Å²) >= 11 is 0. The van der Waals surface area contributed by atoms with Crippen LogP contribution < -0.4 is 10.1 Å². The van der Waals surface area contributed by atoms with Crippen LogP contribution in [0.4, 0.5) is 0 Å². The van der Waals surface area contributed by atoms with E-state index >= 15 is 0 Å². The quantitative estimate of drug-likeness (QED) is 0.839. The van der Waals surface area contributed by atoms with Crippen LogP contribution in [0.5, 0.6) is 5.75 Å². The second kappa shape index (κ2) is 7.09. The van der Waals surface area contributed by atoms with Crippen molar-refractivity contribution in [3.63, 3.8) is 0 Å². The fraction of sp³-hybridized carbons (Fsp3) is 0.500. The van der Waals surface area contributed by atoms with E-state index in [1.54, 1.807) is 0 Å². The van der Waals surface area contributed by atoms with E-state index in [0.717, 1.165) is 11.3 Å². The summed E-state index contributed by atoms with van der Waals surface area (Å²) in [5.41, 5.74) is 0.184. The fourth-order valence-corrected chi connectivity index (χ4v) is 2.32. The van der Waals surface area contributed by atoms with Gasteiger partial charge in [0.05, 0.1) is 12.6 Å². The highest BCUT2D eigenvalue weighted by Gasteiger charge is 2.40. The van der Waals surface area contributed by atoms with Crippen LogP contribution >= 0.6 is 0 Å². The first-order valence-electron chi connectivity index (χ1n) is 7.13.